The van der Waals surface area contributed by atoms with Crippen molar-refractivity contribution in [3.05, 3.63) is 0 Å². The van der Waals surface area contributed by atoms with E-state index >= 15 is 0 Å². The Balaban J connectivity index is -0.00000000300. The largest absolute Gasteiger partial charge is 1.00 e. The van der Waals surface area contributed by atoms with E-state index in [2.05, 4.69) is 0 Å². The van der Waals surface area contributed by atoms with Crippen molar-refractivity contribution in [3.63, 3.8) is 0 Å². The van der Waals surface area contributed by atoms with Crippen LogP contribution in [0.2, 0.25) is 0 Å². The molecule has 0 saturated carbocycles. The predicted molar refractivity (Wildman–Crippen MR) is 7.62 cm³/mol. The Kier molecular flexibility index (Phi) is 93.9. The van der Waals surface area contributed by atoms with E-state index in [9.17, 15) is 0 Å². The molecular weight excluding hydrogens is 290 g/mol. The Labute approximate surface area is 105 Å². The number of carbonyl (C=O) groups excluding carboxylic acids is 1. The first-order valence-corrected chi connectivity index (χ1v) is 0.612. The van der Waals surface area contributed by atoms with Gasteiger partial charge in [-0.25, -0.2) is 0 Å². The molecule has 0 unspecified atom stereocenters. The summed E-state index contributed by atoms with van der Waals surface area (Å²) in [4.78, 5) is 8.33. The van der Waals surface area contributed by atoms with Gasteiger partial charge in [-0.15, -0.1) is 0 Å². The minimum absolute atomic E-state index is 0. The van der Waals surface area contributed by atoms with Gasteiger partial charge in [-0.2, -0.15) is 0 Å². The zero-order chi connectivity index (χ0) is 3.58. The molecule has 0 atom stereocenters. The van der Waals surface area contributed by atoms with Crippen LogP contribution in [0.1, 0.15) is 2.85 Å². The van der Waals surface area contributed by atoms with E-state index < -0.39 is 6.16 Å². The molecule has 7 heteroatoms. The number of hydrogen-bond donors (Lipinski definition) is 0. The summed E-state index contributed by atoms with van der Waals surface area (Å²) in [6.07, 6.45) is -2.33. The van der Waals surface area contributed by atoms with Crippen LogP contribution in [0.5, 0.6) is 0 Å². The molecule has 0 amide bonds. The molecule has 0 N–H and O–H groups in total. The Morgan fingerprint density at radius 2 is 1.12 bits per heavy atom. The standard InChI is InChI=1S/CH2O3.2Ag.2Li.2H/c2-1(3)4;;;;;;/h(H2,2,3,4);;;;;;/q;4*+1;2*-1/p-2. The van der Waals surface area contributed by atoms with Crippen molar-refractivity contribution in [2.45, 2.75) is 0 Å². The number of rotatable bonds is 0. The second kappa shape index (κ2) is 23.1. The average Bonchev–Trinajstić information content (AvgIpc) is 0.811. The van der Waals surface area contributed by atoms with Gasteiger partial charge in [0.2, 0.25) is 0 Å². The second-order valence-electron chi connectivity index (χ2n) is 0.250. The van der Waals surface area contributed by atoms with Gasteiger partial charge in [0.05, 0.1) is 0 Å². The SMILES string of the molecule is O=C([O-])[O-].[Ag+].[Ag+].[H-].[H-].[Li+].[Li+]. The van der Waals surface area contributed by atoms with Crippen molar-refractivity contribution in [1.29, 1.82) is 0 Å². The fraction of sp³-hybridized carbons (Fsp3) is 0. The Morgan fingerprint density at radius 1 is 1.12 bits per heavy atom. The summed E-state index contributed by atoms with van der Waals surface area (Å²) in [6, 6.07) is 0. The third-order valence-electron chi connectivity index (χ3n) is 0. The maximum absolute atomic E-state index is 8.33. The van der Waals surface area contributed by atoms with Gasteiger partial charge in [-0.05, 0) is 6.16 Å². The van der Waals surface area contributed by atoms with Crippen LogP contribution in [0, 0.1) is 0 Å². The van der Waals surface area contributed by atoms with Gasteiger partial charge in [0, 0.05) is 0 Å². The van der Waals surface area contributed by atoms with Crippen molar-refractivity contribution in [1.82, 2.24) is 0 Å². The van der Waals surface area contributed by atoms with Crippen molar-refractivity contribution >= 4 is 6.16 Å². The van der Waals surface area contributed by atoms with E-state index in [1.807, 2.05) is 0 Å². The Morgan fingerprint density at radius 3 is 1.12 bits per heavy atom. The Bertz CT molecular complexity index is 45.5. The summed E-state index contributed by atoms with van der Waals surface area (Å²) in [5.74, 6) is 0. The average molecular weight is 292 g/mol. The summed E-state index contributed by atoms with van der Waals surface area (Å²) < 4.78 is 0. The topological polar surface area (TPSA) is 63.2 Å². The van der Waals surface area contributed by atoms with Gasteiger partial charge in [0.15, 0.2) is 0 Å². The van der Waals surface area contributed by atoms with Crippen molar-refractivity contribution in [2.24, 2.45) is 0 Å². The summed E-state index contributed by atoms with van der Waals surface area (Å²) >= 11 is 0. The van der Waals surface area contributed by atoms with Crippen LogP contribution in [0.25, 0.3) is 0 Å². The summed E-state index contributed by atoms with van der Waals surface area (Å²) in [5, 5.41) is 16.7. The van der Waals surface area contributed by atoms with Crippen LogP contribution in [-0.4, -0.2) is 6.16 Å². The number of carbonyl (C=O) groups is 1. The normalized spacial score (nSPS) is 3.00. The molecule has 8 heavy (non-hydrogen) atoms. The molecule has 0 aliphatic carbocycles. The minimum Gasteiger partial charge on any atom is -1.00 e. The fourth-order valence-corrected chi connectivity index (χ4v) is 0. The fourth-order valence-electron chi connectivity index (χ4n) is 0. The van der Waals surface area contributed by atoms with Gasteiger partial charge in [0.1, 0.15) is 0 Å². The Hall–Kier alpha value is 1.95. The van der Waals surface area contributed by atoms with Crippen LogP contribution in [0.15, 0.2) is 0 Å². The summed E-state index contributed by atoms with van der Waals surface area (Å²) in [7, 11) is 0. The molecule has 0 fully saturated rings. The molecule has 0 heterocycles. The molecule has 0 spiro atoms. The molecular formula is CH2Ag2Li2O3. The monoisotopic (exact) mass is 290 g/mol. The maximum Gasteiger partial charge on any atom is 1.00 e. The third kappa shape index (κ3) is 101. The van der Waals surface area contributed by atoms with Crippen molar-refractivity contribution in [2.75, 3.05) is 0 Å². The van der Waals surface area contributed by atoms with Crippen LogP contribution < -0.4 is 47.9 Å². The molecule has 0 aromatic rings. The van der Waals surface area contributed by atoms with Crippen molar-refractivity contribution < 1.29 is 100 Å². The molecule has 0 radical (unpaired) electrons. The van der Waals surface area contributed by atoms with Gasteiger partial charge in [-0.3, -0.25) is 0 Å². The predicted octanol–water partition coefficient (Wildman–Crippen LogP) is -8.22. The third-order valence-corrected chi connectivity index (χ3v) is 0. The molecule has 0 aromatic heterocycles. The van der Waals surface area contributed by atoms with Gasteiger partial charge >= 0.3 is 82.5 Å². The van der Waals surface area contributed by atoms with Crippen LogP contribution in [0.3, 0.4) is 0 Å². The number of hydrogen-bond acceptors (Lipinski definition) is 3. The zero-order valence-electron chi connectivity index (χ0n) is 6.33. The van der Waals surface area contributed by atoms with E-state index in [4.69, 9.17) is 15.0 Å². The first kappa shape index (κ1) is 32.5. The molecule has 0 aliphatic rings. The molecule has 0 saturated heterocycles. The van der Waals surface area contributed by atoms with Gasteiger partial charge in [-0.1, -0.05) is 0 Å². The molecule has 0 aromatic carbocycles. The molecule has 0 aliphatic heterocycles. The number of carboxylic acid groups (broad SMARTS) is 2. The minimum atomic E-state index is -2.33. The summed E-state index contributed by atoms with van der Waals surface area (Å²) in [6.45, 7) is 0. The van der Waals surface area contributed by atoms with Gasteiger partial charge in [0.25, 0.3) is 0 Å². The maximum atomic E-state index is 8.33. The smallest absolute Gasteiger partial charge is 1.00 e. The molecule has 3 nitrogen and oxygen atoms in total. The van der Waals surface area contributed by atoms with Gasteiger partial charge < -0.3 is 17.9 Å². The van der Waals surface area contributed by atoms with Crippen LogP contribution >= 0.6 is 0 Å². The summed E-state index contributed by atoms with van der Waals surface area (Å²) in [5.41, 5.74) is 0. The first-order chi connectivity index (χ1) is 1.73. The van der Waals surface area contributed by atoms with Crippen molar-refractivity contribution in [3.8, 4) is 0 Å². The van der Waals surface area contributed by atoms with E-state index in [-0.39, 0.29) is 85.3 Å². The van der Waals surface area contributed by atoms with E-state index in [0.29, 0.717) is 0 Å². The first-order valence-electron chi connectivity index (χ1n) is 0.612. The zero-order valence-corrected chi connectivity index (χ0v) is 7.29. The van der Waals surface area contributed by atoms with Crippen LogP contribution in [-0.2, 0) is 44.8 Å². The van der Waals surface area contributed by atoms with Crippen LogP contribution in [0.4, 0.5) is 4.79 Å². The molecule has 48 valence electrons. The molecule has 0 bridgehead atoms. The van der Waals surface area contributed by atoms with E-state index in [1.165, 1.54) is 0 Å². The van der Waals surface area contributed by atoms with E-state index in [0.717, 1.165) is 0 Å². The molecule has 0 rings (SSSR count). The quantitative estimate of drug-likeness (QED) is 0.417. The second-order valence-corrected chi connectivity index (χ2v) is 0.250. The van der Waals surface area contributed by atoms with E-state index in [1.54, 1.807) is 0 Å².